The highest BCUT2D eigenvalue weighted by atomic mass is 32.1. The standard InChI is InChI=1S/C18H17N7OS/c19-18-24-23-17(27-18)11-1-2-14-12(7-11)13(8-20-14)15-9-22-16(10-21-15)25-3-5-26-6-4-25/h1-2,7-10,20H,3-6H2,(H2,19,24). The van der Waals surface area contributed by atoms with Gasteiger partial charge in [0.25, 0.3) is 0 Å². The molecule has 5 rings (SSSR count). The van der Waals surface area contributed by atoms with Crippen LogP contribution in [0.4, 0.5) is 10.9 Å². The molecule has 0 saturated carbocycles. The Hall–Kier alpha value is -3.04. The lowest BCUT2D eigenvalue weighted by atomic mass is 10.1. The van der Waals surface area contributed by atoms with Crippen LogP contribution in [-0.4, -0.2) is 51.5 Å². The molecule has 27 heavy (non-hydrogen) atoms. The van der Waals surface area contributed by atoms with Crippen LogP contribution in [0, 0.1) is 0 Å². The first kappa shape index (κ1) is 16.2. The number of aromatic amines is 1. The molecule has 0 atom stereocenters. The number of morpholine rings is 1. The van der Waals surface area contributed by atoms with Crippen LogP contribution in [0.5, 0.6) is 0 Å². The van der Waals surface area contributed by atoms with Crippen LogP contribution in [0.1, 0.15) is 0 Å². The van der Waals surface area contributed by atoms with Crippen molar-refractivity contribution >= 4 is 33.2 Å². The van der Waals surface area contributed by atoms with Crippen molar-refractivity contribution in [2.75, 3.05) is 36.9 Å². The molecule has 9 heteroatoms. The molecular formula is C18H17N7OS. The number of nitrogens with one attached hydrogen (secondary N) is 1. The van der Waals surface area contributed by atoms with E-state index in [4.69, 9.17) is 10.5 Å². The molecule has 1 aliphatic heterocycles. The lowest BCUT2D eigenvalue weighted by Gasteiger charge is -2.27. The van der Waals surface area contributed by atoms with Gasteiger partial charge >= 0.3 is 0 Å². The van der Waals surface area contributed by atoms with Crippen LogP contribution in [0.25, 0.3) is 32.7 Å². The van der Waals surface area contributed by atoms with E-state index in [0.717, 1.165) is 64.9 Å². The fraction of sp³-hybridized carbons (Fsp3) is 0.222. The first-order valence-electron chi connectivity index (χ1n) is 8.63. The Morgan fingerprint density at radius 3 is 2.74 bits per heavy atom. The molecule has 0 unspecified atom stereocenters. The average molecular weight is 379 g/mol. The third kappa shape index (κ3) is 3.00. The molecule has 0 amide bonds. The number of H-pyrrole nitrogens is 1. The fourth-order valence-electron chi connectivity index (χ4n) is 3.23. The molecule has 0 bridgehead atoms. The van der Waals surface area contributed by atoms with Crippen molar-refractivity contribution in [3.05, 3.63) is 36.8 Å². The molecule has 0 spiro atoms. The second-order valence-corrected chi connectivity index (χ2v) is 7.28. The van der Waals surface area contributed by atoms with Crippen molar-refractivity contribution < 1.29 is 4.74 Å². The van der Waals surface area contributed by atoms with E-state index in [1.54, 1.807) is 0 Å². The molecule has 4 heterocycles. The van der Waals surface area contributed by atoms with Crippen molar-refractivity contribution in [2.24, 2.45) is 0 Å². The smallest absolute Gasteiger partial charge is 0.203 e. The van der Waals surface area contributed by atoms with E-state index >= 15 is 0 Å². The van der Waals surface area contributed by atoms with E-state index in [0.29, 0.717) is 5.13 Å². The number of hydrogen-bond acceptors (Lipinski definition) is 8. The molecule has 8 nitrogen and oxygen atoms in total. The van der Waals surface area contributed by atoms with Gasteiger partial charge < -0.3 is 20.4 Å². The summed E-state index contributed by atoms with van der Waals surface area (Å²) in [7, 11) is 0. The molecule has 1 aromatic carbocycles. The van der Waals surface area contributed by atoms with E-state index in [9.17, 15) is 0 Å². The predicted octanol–water partition coefficient (Wildman–Crippen LogP) is 2.56. The van der Waals surface area contributed by atoms with E-state index in [2.05, 4.69) is 36.1 Å². The van der Waals surface area contributed by atoms with Crippen LogP contribution in [-0.2, 0) is 4.74 Å². The zero-order valence-electron chi connectivity index (χ0n) is 14.4. The number of fused-ring (bicyclic) bond motifs is 1. The summed E-state index contributed by atoms with van der Waals surface area (Å²) >= 11 is 1.37. The Balaban J connectivity index is 1.50. The highest BCUT2D eigenvalue weighted by molar-refractivity contribution is 7.18. The Morgan fingerprint density at radius 2 is 2.00 bits per heavy atom. The van der Waals surface area contributed by atoms with Crippen LogP contribution in [0.15, 0.2) is 36.8 Å². The first-order valence-corrected chi connectivity index (χ1v) is 9.45. The minimum atomic E-state index is 0.462. The second kappa shape index (κ2) is 6.60. The van der Waals surface area contributed by atoms with Gasteiger partial charge in [0.15, 0.2) is 0 Å². The summed E-state index contributed by atoms with van der Waals surface area (Å²) in [6, 6.07) is 6.12. The number of rotatable bonds is 3. The molecule has 136 valence electrons. The highest BCUT2D eigenvalue weighted by Crippen LogP contribution is 2.32. The van der Waals surface area contributed by atoms with Crippen molar-refractivity contribution in [3.8, 4) is 21.8 Å². The summed E-state index contributed by atoms with van der Waals surface area (Å²) in [6.45, 7) is 3.14. The summed E-state index contributed by atoms with van der Waals surface area (Å²) in [5, 5.41) is 10.4. The fourth-order valence-corrected chi connectivity index (χ4v) is 3.84. The number of anilines is 2. The summed E-state index contributed by atoms with van der Waals surface area (Å²) < 4.78 is 5.39. The number of benzene rings is 1. The van der Waals surface area contributed by atoms with E-state index in [-0.39, 0.29) is 0 Å². The molecule has 3 N–H and O–H groups in total. The lowest BCUT2D eigenvalue weighted by molar-refractivity contribution is 0.122. The van der Waals surface area contributed by atoms with Gasteiger partial charge in [-0.1, -0.05) is 11.3 Å². The van der Waals surface area contributed by atoms with Crippen molar-refractivity contribution in [2.45, 2.75) is 0 Å². The van der Waals surface area contributed by atoms with Crippen LogP contribution in [0.3, 0.4) is 0 Å². The molecule has 1 saturated heterocycles. The summed E-state index contributed by atoms with van der Waals surface area (Å²) in [5.41, 5.74) is 9.56. The van der Waals surface area contributed by atoms with E-state index in [1.165, 1.54) is 11.3 Å². The van der Waals surface area contributed by atoms with Gasteiger partial charge in [-0.2, -0.15) is 0 Å². The number of ether oxygens (including phenoxy) is 1. The van der Waals surface area contributed by atoms with E-state index in [1.807, 2.05) is 30.7 Å². The van der Waals surface area contributed by atoms with Crippen LogP contribution < -0.4 is 10.6 Å². The van der Waals surface area contributed by atoms with Crippen molar-refractivity contribution in [3.63, 3.8) is 0 Å². The molecule has 4 aromatic rings. The van der Waals surface area contributed by atoms with Gasteiger partial charge in [-0.3, -0.25) is 4.98 Å². The number of aromatic nitrogens is 5. The number of nitrogens with two attached hydrogens (primary N) is 1. The van der Waals surface area contributed by atoms with E-state index < -0.39 is 0 Å². The summed E-state index contributed by atoms with van der Waals surface area (Å²) in [6.07, 6.45) is 5.61. The van der Waals surface area contributed by atoms with Crippen molar-refractivity contribution in [1.29, 1.82) is 0 Å². The average Bonchev–Trinajstić information content (AvgIpc) is 3.34. The second-order valence-electron chi connectivity index (χ2n) is 6.27. The molecule has 1 fully saturated rings. The minimum absolute atomic E-state index is 0.462. The third-order valence-electron chi connectivity index (χ3n) is 4.62. The van der Waals surface area contributed by atoms with Gasteiger partial charge in [0.05, 0.1) is 31.3 Å². The largest absolute Gasteiger partial charge is 0.378 e. The zero-order valence-corrected chi connectivity index (χ0v) is 15.2. The Morgan fingerprint density at radius 1 is 1.11 bits per heavy atom. The highest BCUT2D eigenvalue weighted by Gasteiger charge is 2.15. The van der Waals surface area contributed by atoms with Gasteiger partial charge in [0, 0.05) is 41.3 Å². The number of nitrogen functional groups attached to an aromatic ring is 1. The maximum absolute atomic E-state index is 5.71. The van der Waals surface area contributed by atoms with Gasteiger partial charge in [0.1, 0.15) is 10.8 Å². The lowest BCUT2D eigenvalue weighted by Crippen LogP contribution is -2.36. The van der Waals surface area contributed by atoms with Gasteiger partial charge in [0.2, 0.25) is 5.13 Å². The monoisotopic (exact) mass is 379 g/mol. The minimum Gasteiger partial charge on any atom is -0.378 e. The maximum Gasteiger partial charge on any atom is 0.203 e. The molecular weight excluding hydrogens is 362 g/mol. The maximum atomic E-state index is 5.71. The molecule has 3 aromatic heterocycles. The topological polar surface area (TPSA) is 106 Å². The predicted molar refractivity (Wildman–Crippen MR) is 106 cm³/mol. The van der Waals surface area contributed by atoms with Gasteiger partial charge in [-0.05, 0) is 18.2 Å². The quantitative estimate of drug-likeness (QED) is 0.563. The molecule has 1 aliphatic rings. The van der Waals surface area contributed by atoms with Gasteiger partial charge in [-0.25, -0.2) is 4.98 Å². The summed E-state index contributed by atoms with van der Waals surface area (Å²) in [5.74, 6) is 0.881. The number of hydrogen-bond donors (Lipinski definition) is 2. The van der Waals surface area contributed by atoms with Crippen LogP contribution >= 0.6 is 11.3 Å². The Kier molecular flexibility index (Phi) is 3.95. The molecule has 0 aliphatic carbocycles. The third-order valence-corrected chi connectivity index (χ3v) is 5.42. The Labute approximate surface area is 159 Å². The SMILES string of the molecule is Nc1nnc(-c2ccc3[nH]cc(-c4cnc(N5CCOCC5)cn4)c3c2)s1. The van der Waals surface area contributed by atoms with Crippen LogP contribution in [0.2, 0.25) is 0 Å². The van der Waals surface area contributed by atoms with Gasteiger partial charge in [-0.15, -0.1) is 10.2 Å². The Bertz CT molecular complexity index is 1080. The molecule has 0 radical (unpaired) electrons. The summed E-state index contributed by atoms with van der Waals surface area (Å²) in [4.78, 5) is 14.7. The first-order chi connectivity index (χ1) is 13.3. The van der Waals surface area contributed by atoms with Crippen molar-refractivity contribution in [1.82, 2.24) is 25.1 Å². The zero-order chi connectivity index (χ0) is 18.2. The normalized spacial score (nSPS) is 14.7. The number of nitrogens with zero attached hydrogens (tertiary/aromatic N) is 5.